The van der Waals surface area contributed by atoms with Gasteiger partial charge in [0.25, 0.3) is 0 Å². The Balaban J connectivity index is 2.36. The SMILES string of the molecule is Cc1ccc(Nc2cnccc2C(N)=S)cc1N(C)C. The molecule has 0 saturated carbocycles. The average molecular weight is 286 g/mol. The van der Waals surface area contributed by atoms with Crippen molar-refractivity contribution >= 4 is 34.3 Å². The van der Waals surface area contributed by atoms with E-state index in [0.29, 0.717) is 4.99 Å². The van der Waals surface area contributed by atoms with Gasteiger partial charge < -0.3 is 16.0 Å². The molecule has 0 aliphatic heterocycles. The lowest BCUT2D eigenvalue weighted by Gasteiger charge is -2.18. The predicted molar refractivity (Wildman–Crippen MR) is 88.9 cm³/mol. The van der Waals surface area contributed by atoms with Crippen LogP contribution in [0.25, 0.3) is 0 Å². The number of aryl methyl sites for hydroxylation is 1. The summed E-state index contributed by atoms with van der Waals surface area (Å²) in [6.45, 7) is 2.09. The molecule has 0 saturated heterocycles. The van der Waals surface area contributed by atoms with Crippen LogP contribution < -0.4 is 16.0 Å². The van der Waals surface area contributed by atoms with E-state index in [1.54, 1.807) is 12.4 Å². The van der Waals surface area contributed by atoms with Crippen molar-refractivity contribution in [2.24, 2.45) is 5.73 Å². The zero-order valence-electron chi connectivity index (χ0n) is 11.8. The third-order valence-electron chi connectivity index (χ3n) is 3.06. The number of nitrogens with two attached hydrogens (primary N) is 1. The second kappa shape index (κ2) is 5.88. The van der Waals surface area contributed by atoms with E-state index in [-0.39, 0.29) is 0 Å². The van der Waals surface area contributed by atoms with Crippen LogP contribution in [0.1, 0.15) is 11.1 Å². The van der Waals surface area contributed by atoms with E-state index < -0.39 is 0 Å². The summed E-state index contributed by atoms with van der Waals surface area (Å²) in [4.78, 5) is 6.55. The number of nitrogens with zero attached hydrogens (tertiary/aromatic N) is 2. The summed E-state index contributed by atoms with van der Waals surface area (Å²) in [5, 5.41) is 3.32. The third-order valence-corrected chi connectivity index (χ3v) is 3.28. The number of pyridine rings is 1. The van der Waals surface area contributed by atoms with Gasteiger partial charge in [0.2, 0.25) is 0 Å². The maximum absolute atomic E-state index is 5.73. The van der Waals surface area contributed by atoms with Crippen molar-refractivity contribution in [1.82, 2.24) is 4.98 Å². The topological polar surface area (TPSA) is 54.2 Å². The van der Waals surface area contributed by atoms with Gasteiger partial charge in [0.15, 0.2) is 0 Å². The molecular formula is C15H18N4S. The number of aromatic nitrogens is 1. The fourth-order valence-electron chi connectivity index (χ4n) is 2.03. The van der Waals surface area contributed by atoms with Gasteiger partial charge >= 0.3 is 0 Å². The summed E-state index contributed by atoms with van der Waals surface area (Å²) in [6.07, 6.45) is 3.41. The minimum Gasteiger partial charge on any atom is -0.389 e. The van der Waals surface area contributed by atoms with Crippen molar-refractivity contribution < 1.29 is 0 Å². The highest BCUT2D eigenvalue weighted by molar-refractivity contribution is 7.80. The van der Waals surface area contributed by atoms with Crippen LogP contribution in [0.5, 0.6) is 0 Å². The van der Waals surface area contributed by atoms with Crippen molar-refractivity contribution in [3.63, 3.8) is 0 Å². The second-order valence-corrected chi connectivity index (χ2v) is 5.25. The van der Waals surface area contributed by atoms with E-state index in [0.717, 1.165) is 22.6 Å². The highest BCUT2D eigenvalue weighted by Crippen LogP contribution is 2.26. The van der Waals surface area contributed by atoms with Gasteiger partial charge in [-0.25, -0.2) is 0 Å². The lowest BCUT2D eigenvalue weighted by molar-refractivity contribution is 1.11. The fraction of sp³-hybridized carbons (Fsp3) is 0.200. The van der Waals surface area contributed by atoms with Gasteiger partial charge in [0.1, 0.15) is 4.99 Å². The Morgan fingerprint density at radius 2 is 2.05 bits per heavy atom. The van der Waals surface area contributed by atoms with Gasteiger partial charge in [-0.1, -0.05) is 18.3 Å². The summed E-state index contributed by atoms with van der Waals surface area (Å²) in [5.41, 5.74) is 10.7. The molecule has 0 radical (unpaired) electrons. The lowest BCUT2D eigenvalue weighted by Crippen LogP contribution is -2.13. The van der Waals surface area contributed by atoms with Crippen LogP contribution in [0.4, 0.5) is 17.1 Å². The molecule has 2 rings (SSSR count). The van der Waals surface area contributed by atoms with Crippen molar-refractivity contribution in [2.45, 2.75) is 6.92 Å². The first-order valence-electron chi connectivity index (χ1n) is 6.28. The van der Waals surface area contributed by atoms with Gasteiger partial charge in [0, 0.05) is 37.2 Å². The van der Waals surface area contributed by atoms with E-state index in [9.17, 15) is 0 Å². The normalized spacial score (nSPS) is 10.2. The molecule has 2 aromatic rings. The number of nitrogens with one attached hydrogen (secondary N) is 1. The lowest BCUT2D eigenvalue weighted by atomic mass is 10.1. The summed E-state index contributed by atoms with van der Waals surface area (Å²) in [5.74, 6) is 0. The van der Waals surface area contributed by atoms with Crippen LogP contribution in [-0.2, 0) is 0 Å². The molecule has 104 valence electrons. The van der Waals surface area contributed by atoms with E-state index in [1.807, 2.05) is 26.2 Å². The molecule has 0 amide bonds. The van der Waals surface area contributed by atoms with Gasteiger partial charge in [0.05, 0.1) is 11.9 Å². The molecule has 5 heteroatoms. The van der Waals surface area contributed by atoms with Crippen LogP contribution in [0.3, 0.4) is 0 Å². The van der Waals surface area contributed by atoms with Crippen LogP contribution >= 0.6 is 12.2 Å². The molecule has 3 N–H and O–H groups in total. The molecule has 0 aliphatic carbocycles. The smallest absolute Gasteiger partial charge is 0.106 e. The van der Waals surface area contributed by atoms with Crippen LogP contribution in [0.2, 0.25) is 0 Å². The van der Waals surface area contributed by atoms with Crippen molar-refractivity contribution in [2.75, 3.05) is 24.3 Å². The summed E-state index contributed by atoms with van der Waals surface area (Å²) >= 11 is 5.06. The van der Waals surface area contributed by atoms with Crippen LogP contribution in [0.15, 0.2) is 36.7 Å². The Kier molecular flexibility index (Phi) is 4.20. The minimum atomic E-state index is 0.356. The Bertz CT molecular complexity index is 638. The summed E-state index contributed by atoms with van der Waals surface area (Å²) < 4.78 is 0. The largest absolute Gasteiger partial charge is 0.389 e. The first-order valence-corrected chi connectivity index (χ1v) is 6.68. The van der Waals surface area contributed by atoms with Gasteiger partial charge in [-0.05, 0) is 30.7 Å². The molecule has 0 unspecified atom stereocenters. The van der Waals surface area contributed by atoms with E-state index in [4.69, 9.17) is 18.0 Å². The molecule has 0 bridgehead atoms. The molecule has 1 aromatic heterocycles. The standard InChI is InChI=1S/C15H18N4S/c1-10-4-5-11(8-14(10)19(2)3)18-13-9-17-7-6-12(13)15(16)20/h4-9,18H,1-3H3,(H2,16,20). The summed E-state index contributed by atoms with van der Waals surface area (Å²) in [6, 6.07) is 8.00. The number of hydrogen-bond donors (Lipinski definition) is 2. The molecule has 0 aliphatic rings. The highest BCUT2D eigenvalue weighted by atomic mass is 32.1. The quantitative estimate of drug-likeness (QED) is 0.847. The van der Waals surface area contributed by atoms with Crippen molar-refractivity contribution in [3.05, 3.63) is 47.8 Å². The monoisotopic (exact) mass is 286 g/mol. The number of anilines is 3. The maximum atomic E-state index is 5.73. The molecule has 1 aromatic carbocycles. The Morgan fingerprint density at radius 3 is 2.70 bits per heavy atom. The molecule has 1 heterocycles. The molecule has 0 spiro atoms. The Hall–Kier alpha value is -2.14. The third kappa shape index (κ3) is 3.05. The Morgan fingerprint density at radius 1 is 1.30 bits per heavy atom. The van der Waals surface area contributed by atoms with Crippen LogP contribution in [0, 0.1) is 6.92 Å². The predicted octanol–water partition coefficient (Wildman–Crippen LogP) is 2.83. The maximum Gasteiger partial charge on any atom is 0.106 e. The number of hydrogen-bond acceptors (Lipinski definition) is 4. The molecular weight excluding hydrogens is 268 g/mol. The van der Waals surface area contributed by atoms with Gasteiger partial charge in [-0.15, -0.1) is 0 Å². The zero-order valence-corrected chi connectivity index (χ0v) is 12.7. The first kappa shape index (κ1) is 14.3. The summed E-state index contributed by atoms with van der Waals surface area (Å²) in [7, 11) is 4.05. The molecule has 0 fully saturated rings. The number of thiocarbonyl (C=S) groups is 1. The Labute approximate surface area is 124 Å². The molecule has 0 atom stereocenters. The van der Waals surface area contributed by atoms with Gasteiger partial charge in [-0.3, -0.25) is 4.98 Å². The second-order valence-electron chi connectivity index (χ2n) is 4.81. The van der Waals surface area contributed by atoms with Crippen molar-refractivity contribution in [3.8, 4) is 0 Å². The van der Waals surface area contributed by atoms with Gasteiger partial charge in [-0.2, -0.15) is 0 Å². The van der Waals surface area contributed by atoms with Crippen molar-refractivity contribution in [1.29, 1.82) is 0 Å². The molecule has 20 heavy (non-hydrogen) atoms. The first-order chi connectivity index (χ1) is 9.49. The minimum absolute atomic E-state index is 0.356. The number of benzene rings is 1. The fourth-order valence-corrected chi connectivity index (χ4v) is 2.21. The zero-order chi connectivity index (χ0) is 14.7. The van der Waals surface area contributed by atoms with E-state index >= 15 is 0 Å². The average Bonchev–Trinajstić information content (AvgIpc) is 2.41. The highest BCUT2D eigenvalue weighted by Gasteiger charge is 2.07. The number of rotatable bonds is 4. The van der Waals surface area contributed by atoms with E-state index in [2.05, 4.69) is 34.3 Å². The van der Waals surface area contributed by atoms with Crippen LogP contribution in [-0.4, -0.2) is 24.1 Å². The van der Waals surface area contributed by atoms with E-state index in [1.165, 1.54) is 5.56 Å². The molecule has 4 nitrogen and oxygen atoms in total.